The molecule has 0 saturated carbocycles. The van der Waals surface area contributed by atoms with E-state index < -0.39 is 0 Å². The van der Waals surface area contributed by atoms with Crippen LogP contribution in [0.25, 0.3) is 0 Å². The number of aliphatic hydroxyl groups is 1. The van der Waals surface area contributed by atoms with Crippen LogP contribution in [0.5, 0.6) is 0 Å². The first-order valence-electron chi connectivity index (χ1n) is 2.72. The van der Waals surface area contributed by atoms with Crippen LogP contribution >= 0.6 is 0 Å². The Balaban J connectivity index is 2.94. The molecule has 1 aromatic heterocycles. The van der Waals surface area contributed by atoms with Gasteiger partial charge in [0.2, 0.25) is 0 Å². The van der Waals surface area contributed by atoms with Gasteiger partial charge in [-0.3, -0.25) is 0 Å². The third-order valence-corrected chi connectivity index (χ3v) is 0.996. The minimum atomic E-state index is -0.0106. The van der Waals surface area contributed by atoms with Crippen molar-refractivity contribution < 1.29 is 5.11 Å². The second-order valence-corrected chi connectivity index (χ2v) is 1.75. The summed E-state index contributed by atoms with van der Waals surface area (Å²) in [6.07, 6.45) is 1.63. The minimum absolute atomic E-state index is 0.0106. The Morgan fingerprint density at radius 1 is 1.67 bits per heavy atom. The number of aromatic nitrogens is 2. The third kappa shape index (κ3) is 1.47. The molecule has 0 atom stereocenters. The summed E-state index contributed by atoms with van der Waals surface area (Å²) < 4.78 is 0. The Morgan fingerprint density at radius 3 is 2.89 bits per heavy atom. The molecule has 1 heterocycles. The molecule has 0 aliphatic carbocycles. The van der Waals surface area contributed by atoms with Crippen molar-refractivity contribution in [3.63, 3.8) is 0 Å². The first-order chi connectivity index (χ1) is 4.33. The molecule has 3 heteroatoms. The number of nitrogens with zero attached hydrogens (tertiary/aromatic N) is 2. The van der Waals surface area contributed by atoms with Crippen molar-refractivity contribution in [3.8, 4) is 0 Å². The topological polar surface area (TPSA) is 46.0 Å². The lowest BCUT2D eigenvalue weighted by molar-refractivity contribution is 0.276. The molecule has 0 unspecified atom stereocenters. The van der Waals surface area contributed by atoms with Gasteiger partial charge in [-0.05, 0) is 13.0 Å². The van der Waals surface area contributed by atoms with E-state index in [-0.39, 0.29) is 6.61 Å². The molecule has 9 heavy (non-hydrogen) atoms. The van der Waals surface area contributed by atoms with E-state index >= 15 is 0 Å². The Bertz CT molecular complexity index is 200. The molecule has 0 fully saturated rings. The Labute approximate surface area is 53.4 Å². The molecule has 48 valence electrons. The number of hydrogen-bond acceptors (Lipinski definition) is 3. The quantitative estimate of drug-likeness (QED) is 0.584. The van der Waals surface area contributed by atoms with Crippen molar-refractivity contribution in [2.24, 2.45) is 0 Å². The average molecular weight is 124 g/mol. The van der Waals surface area contributed by atoms with Gasteiger partial charge in [-0.15, -0.1) is 0 Å². The zero-order chi connectivity index (χ0) is 6.69. The summed E-state index contributed by atoms with van der Waals surface area (Å²) in [6.45, 7) is 1.78. The molecule has 0 aliphatic rings. The normalized spacial score (nSPS) is 9.56. The number of rotatable bonds is 1. The van der Waals surface area contributed by atoms with Gasteiger partial charge in [0.25, 0.3) is 0 Å². The second-order valence-electron chi connectivity index (χ2n) is 1.75. The highest BCUT2D eigenvalue weighted by Gasteiger charge is 1.89. The molecule has 0 bridgehead atoms. The van der Waals surface area contributed by atoms with Crippen LogP contribution in [0.15, 0.2) is 12.3 Å². The third-order valence-electron chi connectivity index (χ3n) is 0.996. The maximum atomic E-state index is 8.57. The maximum absolute atomic E-state index is 8.57. The van der Waals surface area contributed by atoms with Crippen molar-refractivity contribution in [1.29, 1.82) is 0 Å². The minimum Gasteiger partial charge on any atom is -0.390 e. The fourth-order valence-corrected chi connectivity index (χ4v) is 0.593. The van der Waals surface area contributed by atoms with Gasteiger partial charge in [0.05, 0.1) is 12.3 Å². The first-order valence-corrected chi connectivity index (χ1v) is 2.72. The van der Waals surface area contributed by atoms with Crippen molar-refractivity contribution in [2.45, 2.75) is 13.5 Å². The van der Waals surface area contributed by atoms with Crippen LogP contribution in [0.1, 0.15) is 11.5 Å². The second kappa shape index (κ2) is 2.55. The van der Waals surface area contributed by atoms with Gasteiger partial charge in [0.1, 0.15) is 5.82 Å². The predicted molar refractivity (Wildman–Crippen MR) is 32.7 cm³/mol. The zero-order valence-corrected chi connectivity index (χ0v) is 5.20. The molecule has 1 aromatic rings. The van der Waals surface area contributed by atoms with E-state index in [4.69, 9.17) is 5.11 Å². The standard InChI is InChI=1S/C6H8N2O/c1-5-7-3-2-6(4-9)8-5/h2-3,9H,4H2,1H3. The molecule has 1 N–H and O–H groups in total. The lowest BCUT2D eigenvalue weighted by atomic mass is 10.4. The molecule has 1 rings (SSSR count). The highest BCUT2D eigenvalue weighted by atomic mass is 16.3. The highest BCUT2D eigenvalue weighted by Crippen LogP contribution is 1.92. The fourth-order valence-electron chi connectivity index (χ4n) is 0.593. The monoisotopic (exact) mass is 124 g/mol. The van der Waals surface area contributed by atoms with Crippen LogP contribution in [0, 0.1) is 6.92 Å². The zero-order valence-electron chi connectivity index (χ0n) is 5.20. The summed E-state index contributed by atoms with van der Waals surface area (Å²) in [5, 5.41) is 8.57. The van der Waals surface area contributed by atoms with Crippen LogP contribution in [0.4, 0.5) is 0 Å². The van der Waals surface area contributed by atoms with Crippen LogP contribution in [-0.4, -0.2) is 15.1 Å². The number of hydrogen-bond donors (Lipinski definition) is 1. The first kappa shape index (κ1) is 6.16. The van der Waals surface area contributed by atoms with Gasteiger partial charge < -0.3 is 5.11 Å². The summed E-state index contributed by atoms with van der Waals surface area (Å²) in [4.78, 5) is 7.80. The molecule has 0 saturated heterocycles. The summed E-state index contributed by atoms with van der Waals surface area (Å²) in [7, 11) is 0. The molecular weight excluding hydrogens is 116 g/mol. The van der Waals surface area contributed by atoms with E-state index in [0.29, 0.717) is 11.5 Å². The van der Waals surface area contributed by atoms with E-state index in [9.17, 15) is 0 Å². The van der Waals surface area contributed by atoms with Gasteiger partial charge in [-0.25, -0.2) is 9.97 Å². The van der Waals surface area contributed by atoms with E-state index in [1.165, 1.54) is 0 Å². The molecule has 0 aliphatic heterocycles. The summed E-state index contributed by atoms with van der Waals surface area (Å²) in [6, 6.07) is 1.69. The van der Waals surface area contributed by atoms with Gasteiger partial charge in [0, 0.05) is 6.20 Å². The average Bonchev–Trinajstić information content (AvgIpc) is 1.88. The molecule has 0 amide bonds. The predicted octanol–water partition coefficient (Wildman–Crippen LogP) is 0.277. The number of aryl methyl sites for hydroxylation is 1. The molecule has 0 radical (unpaired) electrons. The van der Waals surface area contributed by atoms with Crippen molar-refractivity contribution in [1.82, 2.24) is 9.97 Å². The van der Waals surface area contributed by atoms with E-state index in [2.05, 4.69) is 9.97 Å². The van der Waals surface area contributed by atoms with Crippen molar-refractivity contribution in [3.05, 3.63) is 23.8 Å². The van der Waals surface area contributed by atoms with E-state index in [1.807, 2.05) is 0 Å². The number of aliphatic hydroxyl groups excluding tert-OH is 1. The summed E-state index contributed by atoms with van der Waals surface area (Å²) >= 11 is 0. The fraction of sp³-hybridized carbons (Fsp3) is 0.333. The summed E-state index contributed by atoms with van der Waals surface area (Å²) in [5.74, 6) is 0.696. The maximum Gasteiger partial charge on any atom is 0.125 e. The summed E-state index contributed by atoms with van der Waals surface area (Å²) in [5.41, 5.74) is 0.669. The smallest absolute Gasteiger partial charge is 0.125 e. The van der Waals surface area contributed by atoms with Crippen LogP contribution in [0.3, 0.4) is 0 Å². The van der Waals surface area contributed by atoms with E-state index in [0.717, 1.165) is 0 Å². The van der Waals surface area contributed by atoms with Crippen LogP contribution < -0.4 is 0 Å². The SMILES string of the molecule is Cc1nccc(CO)n1. The Kier molecular flexibility index (Phi) is 1.75. The van der Waals surface area contributed by atoms with Gasteiger partial charge in [0.15, 0.2) is 0 Å². The van der Waals surface area contributed by atoms with Crippen molar-refractivity contribution in [2.75, 3.05) is 0 Å². The van der Waals surface area contributed by atoms with Gasteiger partial charge >= 0.3 is 0 Å². The van der Waals surface area contributed by atoms with Crippen molar-refractivity contribution >= 4 is 0 Å². The van der Waals surface area contributed by atoms with Crippen LogP contribution in [-0.2, 0) is 6.61 Å². The van der Waals surface area contributed by atoms with E-state index in [1.54, 1.807) is 19.2 Å². The lowest BCUT2D eigenvalue weighted by Gasteiger charge is -1.93. The highest BCUT2D eigenvalue weighted by molar-refractivity contribution is 4.99. The molecular formula is C6H8N2O. The Morgan fingerprint density at radius 2 is 2.44 bits per heavy atom. The Hall–Kier alpha value is -0.960. The van der Waals surface area contributed by atoms with Crippen LogP contribution in [0.2, 0.25) is 0 Å². The largest absolute Gasteiger partial charge is 0.390 e. The molecule has 3 nitrogen and oxygen atoms in total. The lowest BCUT2D eigenvalue weighted by Crippen LogP contribution is -1.92. The van der Waals surface area contributed by atoms with Gasteiger partial charge in [-0.2, -0.15) is 0 Å². The molecule has 0 aromatic carbocycles. The van der Waals surface area contributed by atoms with Gasteiger partial charge in [-0.1, -0.05) is 0 Å². The molecule has 0 spiro atoms.